The molecule has 1 aromatic heterocycles. The molecule has 1 aliphatic heterocycles. The quantitative estimate of drug-likeness (QED) is 0.306. The van der Waals surface area contributed by atoms with Crippen molar-refractivity contribution < 1.29 is 26.7 Å². The zero-order chi connectivity index (χ0) is 27.2. The molecule has 2 aromatic rings. The van der Waals surface area contributed by atoms with Gasteiger partial charge < -0.3 is 10.1 Å². The normalized spacial score (nSPS) is 18.1. The second-order valence-electron chi connectivity index (χ2n) is 9.78. The van der Waals surface area contributed by atoms with Crippen molar-refractivity contribution >= 4 is 5.70 Å². The molecule has 4 nitrogen and oxygen atoms in total. The highest BCUT2D eigenvalue weighted by Crippen LogP contribution is 2.42. The SMILES string of the molecule is CCCCC(CC(C)CC)NC1=CCN(C)C(c2ccc(C(F)(F)F)cc2OC(F)F)c2cnccc21. The molecule has 1 N–H and O–H groups in total. The summed E-state index contributed by atoms with van der Waals surface area (Å²) in [6.45, 7) is 3.76. The molecule has 0 saturated carbocycles. The lowest BCUT2D eigenvalue weighted by atomic mass is 9.92. The third kappa shape index (κ3) is 7.43. The molecule has 3 unspecified atom stereocenters. The molecule has 37 heavy (non-hydrogen) atoms. The molecule has 0 spiro atoms. The van der Waals surface area contributed by atoms with E-state index in [1.165, 1.54) is 6.07 Å². The van der Waals surface area contributed by atoms with E-state index in [1.54, 1.807) is 19.4 Å². The summed E-state index contributed by atoms with van der Waals surface area (Å²) in [5.74, 6) is 0.0553. The number of hydrogen-bond donors (Lipinski definition) is 1. The third-order valence-electron chi connectivity index (χ3n) is 6.96. The Morgan fingerprint density at radius 1 is 1.16 bits per heavy atom. The Hall–Kier alpha value is -2.68. The standard InChI is InChI=1S/C28H36F5N3O/c1-5-7-8-20(15-18(3)6-2)35-24-12-14-36(4)26(23-17-34-13-11-21(23)24)22-10-9-19(28(31,32)33)16-25(22)37-27(29)30/h9-13,16-18,20,26-27,35H,5-8,14-15H2,1-4H3. The Kier molecular flexibility index (Phi) is 9.93. The number of rotatable bonds is 11. The summed E-state index contributed by atoms with van der Waals surface area (Å²) in [7, 11) is 1.80. The van der Waals surface area contributed by atoms with Crippen LogP contribution in [0.2, 0.25) is 0 Å². The number of nitrogens with zero attached hydrogens (tertiary/aromatic N) is 2. The molecule has 3 rings (SSSR count). The van der Waals surface area contributed by atoms with Crippen molar-refractivity contribution in [1.29, 1.82) is 0 Å². The Morgan fingerprint density at radius 3 is 2.57 bits per heavy atom. The van der Waals surface area contributed by atoms with Crippen LogP contribution in [0.5, 0.6) is 5.75 Å². The van der Waals surface area contributed by atoms with Gasteiger partial charge in [-0.05, 0) is 50.1 Å². The van der Waals surface area contributed by atoms with Crippen LogP contribution >= 0.6 is 0 Å². The van der Waals surface area contributed by atoms with Gasteiger partial charge in [0.05, 0.1) is 11.6 Å². The summed E-state index contributed by atoms with van der Waals surface area (Å²) in [6, 6.07) is 4.26. The number of nitrogens with one attached hydrogen (secondary N) is 1. The highest BCUT2D eigenvalue weighted by molar-refractivity contribution is 5.69. The summed E-state index contributed by atoms with van der Waals surface area (Å²) in [5.41, 5.74) is 1.65. The zero-order valence-electron chi connectivity index (χ0n) is 21.8. The van der Waals surface area contributed by atoms with E-state index in [2.05, 4.69) is 35.8 Å². The van der Waals surface area contributed by atoms with Crippen LogP contribution < -0.4 is 10.1 Å². The molecule has 0 fully saturated rings. The van der Waals surface area contributed by atoms with Gasteiger partial charge in [-0.25, -0.2) is 0 Å². The Balaban J connectivity index is 2.05. The van der Waals surface area contributed by atoms with Crippen molar-refractivity contribution in [2.24, 2.45) is 5.92 Å². The summed E-state index contributed by atoms with van der Waals surface area (Å²) in [4.78, 5) is 6.17. The second-order valence-corrected chi connectivity index (χ2v) is 9.78. The molecule has 3 atom stereocenters. The number of ether oxygens (including phenoxy) is 1. The molecule has 0 bridgehead atoms. The fraction of sp³-hybridized carbons (Fsp3) is 0.536. The van der Waals surface area contributed by atoms with Crippen molar-refractivity contribution in [3.8, 4) is 5.75 Å². The molecule has 1 aromatic carbocycles. The van der Waals surface area contributed by atoms with Gasteiger partial charge in [-0.1, -0.05) is 46.1 Å². The first-order chi connectivity index (χ1) is 17.5. The molecule has 0 saturated heterocycles. The summed E-state index contributed by atoms with van der Waals surface area (Å²) in [6.07, 6.45) is 5.96. The average molecular weight is 526 g/mol. The van der Waals surface area contributed by atoms with Gasteiger partial charge in [0.1, 0.15) is 5.75 Å². The number of likely N-dealkylation sites (N-methyl/N-ethyl adjacent to an activating group) is 1. The lowest BCUT2D eigenvalue weighted by Gasteiger charge is -2.29. The monoisotopic (exact) mass is 525 g/mol. The fourth-order valence-corrected chi connectivity index (χ4v) is 4.81. The van der Waals surface area contributed by atoms with Gasteiger partial charge in [-0.15, -0.1) is 0 Å². The van der Waals surface area contributed by atoms with Crippen molar-refractivity contribution in [2.45, 2.75) is 77.7 Å². The molecular weight excluding hydrogens is 489 g/mol. The number of alkyl halides is 5. The smallest absolute Gasteiger partial charge is 0.416 e. The molecule has 1 aliphatic rings. The molecular formula is C28H36F5N3O. The zero-order valence-corrected chi connectivity index (χ0v) is 21.8. The molecule has 0 aliphatic carbocycles. The Morgan fingerprint density at radius 2 is 1.92 bits per heavy atom. The third-order valence-corrected chi connectivity index (χ3v) is 6.96. The lowest BCUT2D eigenvalue weighted by Crippen LogP contribution is -2.30. The summed E-state index contributed by atoms with van der Waals surface area (Å²) in [5, 5.41) is 3.73. The predicted octanol–water partition coefficient (Wildman–Crippen LogP) is 7.66. The van der Waals surface area contributed by atoms with Crippen LogP contribution in [0, 0.1) is 5.92 Å². The number of aromatic nitrogens is 1. The Labute approximate surface area is 215 Å². The second kappa shape index (κ2) is 12.7. The summed E-state index contributed by atoms with van der Waals surface area (Å²) >= 11 is 0. The van der Waals surface area contributed by atoms with E-state index in [1.807, 2.05) is 17.0 Å². The highest BCUT2D eigenvalue weighted by atomic mass is 19.4. The molecule has 0 radical (unpaired) electrons. The summed E-state index contributed by atoms with van der Waals surface area (Å²) < 4.78 is 71.2. The van der Waals surface area contributed by atoms with Crippen LogP contribution in [0.4, 0.5) is 22.0 Å². The highest BCUT2D eigenvalue weighted by Gasteiger charge is 2.34. The maximum Gasteiger partial charge on any atom is 0.416 e. The topological polar surface area (TPSA) is 37.4 Å². The largest absolute Gasteiger partial charge is 0.434 e. The van der Waals surface area contributed by atoms with Crippen LogP contribution in [0.15, 0.2) is 42.7 Å². The number of pyridine rings is 1. The number of hydrogen-bond acceptors (Lipinski definition) is 4. The fourth-order valence-electron chi connectivity index (χ4n) is 4.81. The predicted molar refractivity (Wildman–Crippen MR) is 135 cm³/mol. The van der Waals surface area contributed by atoms with Crippen molar-refractivity contribution in [2.75, 3.05) is 13.6 Å². The van der Waals surface area contributed by atoms with Gasteiger partial charge >= 0.3 is 12.8 Å². The molecule has 9 heteroatoms. The van der Waals surface area contributed by atoms with Crippen LogP contribution in [0.3, 0.4) is 0 Å². The first kappa shape index (κ1) is 28.9. The maximum atomic E-state index is 13.4. The first-order valence-electron chi connectivity index (χ1n) is 12.8. The number of benzene rings is 1. The lowest BCUT2D eigenvalue weighted by molar-refractivity contribution is -0.138. The maximum absolute atomic E-state index is 13.4. The van der Waals surface area contributed by atoms with Gasteiger partial charge in [-0.3, -0.25) is 9.88 Å². The van der Waals surface area contributed by atoms with Crippen molar-refractivity contribution in [3.63, 3.8) is 0 Å². The van der Waals surface area contributed by atoms with Crippen molar-refractivity contribution in [3.05, 3.63) is 65.0 Å². The minimum Gasteiger partial charge on any atom is -0.434 e. The van der Waals surface area contributed by atoms with Crippen LogP contribution in [0.25, 0.3) is 5.70 Å². The number of unbranched alkanes of at least 4 members (excludes halogenated alkanes) is 1. The van der Waals surface area contributed by atoms with Crippen LogP contribution in [-0.4, -0.2) is 36.1 Å². The van der Waals surface area contributed by atoms with Crippen LogP contribution in [-0.2, 0) is 6.18 Å². The van der Waals surface area contributed by atoms with E-state index in [0.717, 1.165) is 49.4 Å². The molecule has 204 valence electrons. The minimum atomic E-state index is -4.69. The minimum absolute atomic E-state index is 0.224. The van der Waals surface area contributed by atoms with E-state index in [4.69, 9.17) is 0 Å². The van der Waals surface area contributed by atoms with E-state index in [9.17, 15) is 22.0 Å². The van der Waals surface area contributed by atoms with Gasteiger partial charge in [-0.2, -0.15) is 22.0 Å². The van der Waals surface area contributed by atoms with E-state index in [0.29, 0.717) is 24.1 Å². The molecule has 0 amide bonds. The number of halogens is 5. The molecule has 2 heterocycles. The van der Waals surface area contributed by atoms with Gasteiger partial charge in [0.2, 0.25) is 0 Å². The van der Waals surface area contributed by atoms with Gasteiger partial charge in [0.25, 0.3) is 0 Å². The van der Waals surface area contributed by atoms with Crippen molar-refractivity contribution in [1.82, 2.24) is 15.2 Å². The van der Waals surface area contributed by atoms with E-state index < -0.39 is 30.1 Å². The Bertz CT molecular complexity index is 1060. The van der Waals surface area contributed by atoms with Gasteiger partial charge in [0.15, 0.2) is 0 Å². The van der Waals surface area contributed by atoms with Crippen LogP contribution in [0.1, 0.15) is 81.2 Å². The first-order valence-corrected chi connectivity index (χ1v) is 12.8. The van der Waals surface area contributed by atoms with E-state index >= 15 is 0 Å². The average Bonchev–Trinajstić information content (AvgIpc) is 2.98. The van der Waals surface area contributed by atoms with E-state index in [-0.39, 0.29) is 11.6 Å². The van der Waals surface area contributed by atoms with Gasteiger partial charge in [0, 0.05) is 47.4 Å². The number of fused-ring (bicyclic) bond motifs is 1.